The molecule has 3 heteroatoms. The lowest BCUT2D eigenvalue weighted by molar-refractivity contribution is -0.0220. The Morgan fingerprint density at radius 1 is 1.31 bits per heavy atom. The van der Waals surface area contributed by atoms with Gasteiger partial charge >= 0.3 is 0 Å². The quantitative estimate of drug-likeness (QED) is 0.858. The molecule has 0 aliphatic carbocycles. The first-order valence-corrected chi connectivity index (χ1v) is 6.03. The van der Waals surface area contributed by atoms with Crippen molar-refractivity contribution in [3.63, 3.8) is 0 Å². The van der Waals surface area contributed by atoms with E-state index in [1.807, 2.05) is 24.3 Å². The van der Waals surface area contributed by atoms with Crippen molar-refractivity contribution in [1.29, 1.82) is 0 Å². The second-order valence-corrected chi connectivity index (χ2v) is 4.80. The van der Waals surface area contributed by atoms with Gasteiger partial charge in [-0.05, 0) is 30.5 Å². The molecule has 0 aliphatic heterocycles. The zero-order chi connectivity index (χ0) is 12.1. The Morgan fingerprint density at radius 2 is 2.00 bits per heavy atom. The van der Waals surface area contributed by atoms with Crippen LogP contribution in [-0.4, -0.2) is 12.6 Å². The van der Waals surface area contributed by atoms with E-state index in [1.54, 1.807) is 0 Å². The Kier molecular flexibility index (Phi) is 5.26. The molecule has 1 rings (SSSR count). The third-order valence-corrected chi connectivity index (χ3v) is 2.99. The van der Waals surface area contributed by atoms with Gasteiger partial charge in [0.1, 0.15) is 0 Å². The normalized spacial score (nSPS) is 15.1. The first-order chi connectivity index (χ1) is 7.54. The van der Waals surface area contributed by atoms with Gasteiger partial charge in [0, 0.05) is 11.6 Å². The van der Waals surface area contributed by atoms with Crippen LogP contribution in [0.2, 0.25) is 5.02 Å². The van der Waals surface area contributed by atoms with Gasteiger partial charge in [-0.3, -0.25) is 0 Å². The molecule has 2 atom stereocenters. The van der Waals surface area contributed by atoms with Crippen molar-refractivity contribution in [3.8, 4) is 0 Å². The van der Waals surface area contributed by atoms with Crippen molar-refractivity contribution < 1.29 is 4.74 Å². The molecule has 0 fully saturated rings. The molecule has 0 aliphatic rings. The van der Waals surface area contributed by atoms with Crippen LogP contribution in [0.15, 0.2) is 24.3 Å². The molecule has 0 heterocycles. The zero-order valence-electron chi connectivity index (χ0n) is 10.1. The van der Waals surface area contributed by atoms with Crippen molar-refractivity contribution in [2.24, 2.45) is 11.7 Å². The lowest BCUT2D eigenvalue weighted by Crippen LogP contribution is -2.24. The van der Waals surface area contributed by atoms with E-state index in [2.05, 4.69) is 20.8 Å². The minimum atomic E-state index is -0.0731. The van der Waals surface area contributed by atoms with Crippen LogP contribution in [-0.2, 0) is 4.74 Å². The zero-order valence-corrected chi connectivity index (χ0v) is 10.9. The summed E-state index contributed by atoms with van der Waals surface area (Å²) in [5, 5.41) is 0.719. The van der Waals surface area contributed by atoms with Crippen molar-refractivity contribution >= 4 is 11.6 Å². The molecule has 0 spiro atoms. The second-order valence-electron chi connectivity index (χ2n) is 4.36. The standard InChI is InChI=1S/C13H20ClNO/c1-9(2)10(3)16-13(8-15)11-5-4-6-12(14)7-11/h4-7,9-10,13H,8,15H2,1-3H3. The van der Waals surface area contributed by atoms with E-state index in [0.717, 1.165) is 10.6 Å². The molecule has 1 aromatic carbocycles. The van der Waals surface area contributed by atoms with Crippen LogP contribution >= 0.6 is 11.6 Å². The summed E-state index contributed by atoms with van der Waals surface area (Å²) in [5.41, 5.74) is 6.78. The summed E-state index contributed by atoms with van der Waals surface area (Å²) in [7, 11) is 0. The molecule has 0 saturated carbocycles. The Balaban J connectivity index is 2.74. The molecular formula is C13H20ClNO. The lowest BCUT2D eigenvalue weighted by atomic mass is 10.1. The molecule has 2 nitrogen and oxygen atoms in total. The predicted octanol–water partition coefficient (Wildman–Crippen LogP) is 3.40. The van der Waals surface area contributed by atoms with Crippen LogP contribution in [0.25, 0.3) is 0 Å². The summed E-state index contributed by atoms with van der Waals surface area (Å²) in [6.07, 6.45) is 0.114. The number of ether oxygens (including phenoxy) is 1. The van der Waals surface area contributed by atoms with Gasteiger partial charge in [-0.25, -0.2) is 0 Å². The molecule has 0 amide bonds. The van der Waals surface area contributed by atoms with Crippen LogP contribution < -0.4 is 5.73 Å². The third kappa shape index (κ3) is 3.78. The molecule has 2 N–H and O–H groups in total. The van der Waals surface area contributed by atoms with E-state index in [4.69, 9.17) is 22.1 Å². The average Bonchev–Trinajstić information content (AvgIpc) is 2.25. The third-order valence-electron chi connectivity index (χ3n) is 2.75. The maximum absolute atomic E-state index is 5.95. The lowest BCUT2D eigenvalue weighted by Gasteiger charge is -2.24. The number of hydrogen-bond acceptors (Lipinski definition) is 2. The highest BCUT2D eigenvalue weighted by Gasteiger charge is 2.16. The van der Waals surface area contributed by atoms with Gasteiger partial charge in [-0.15, -0.1) is 0 Å². The van der Waals surface area contributed by atoms with E-state index < -0.39 is 0 Å². The summed E-state index contributed by atoms with van der Waals surface area (Å²) < 4.78 is 5.92. The van der Waals surface area contributed by atoms with Crippen molar-refractivity contribution in [3.05, 3.63) is 34.9 Å². The van der Waals surface area contributed by atoms with Crippen LogP contribution in [0, 0.1) is 5.92 Å². The van der Waals surface area contributed by atoms with Crippen LogP contribution in [0.1, 0.15) is 32.4 Å². The van der Waals surface area contributed by atoms with Gasteiger partial charge in [0.25, 0.3) is 0 Å². The molecule has 0 aromatic heterocycles. The first-order valence-electron chi connectivity index (χ1n) is 5.65. The van der Waals surface area contributed by atoms with Crippen molar-refractivity contribution in [2.75, 3.05) is 6.54 Å². The molecule has 1 aromatic rings. The molecule has 2 unspecified atom stereocenters. The summed E-state index contributed by atoms with van der Waals surface area (Å²) in [5.74, 6) is 0.480. The summed E-state index contributed by atoms with van der Waals surface area (Å²) in [6, 6.07) is 7.68. The van der Waals surface area contributed by atoms with Crippen LogP contribution in [0.5, 0.6) is 0 Å². The van der Waals surface area contributed by atoms with Crippen LogP contribution in [0.3, 0.4) is 0 Å². The number of nitrogens with two attached hydrogens (primary N) is 1. The highest BCUT2D eigenvalue weighted by molar-refractivity contribution is 6.30. The fourth-order valence-corrected chi connectivity index (χ4v) is 1.59. The topological polar surface area (TPSA) is 35.2 Å². The van der Waals surface area contributed by atoms with Gasteiger partial charge in [0.15, 0.2) is 0 Å². The maximum Gasteiger partial charge on any atom is 0.0951 e. The largest absolute Gasteiger partial charge is 0.369 e. The molecular weight excluding hydrogens is 222 g/mol. The first kappa shape index (κ1) is 13.5. The Labute approximate surface area is 103 Å². The SMILES string of the molecule is CC(C)C(C)OC(CN)c1cccc(Cl)c1. The van der Waals surface area contributed by atoms with Crippen LogP contribution in [0.4, 0.5) is 0 Å². The predicted molar refractivity (Wildman–Crippen MR) is 68.6 cm³/mol. The fourth-order valence-electron chi connectivity index (χ4n) is 1.39. The van der Waals surface area contributed by atoms with E-state index in [0.29, 0.717) is 12.5 Å². The van der Waals surface area contributed by atoms with E-state index in [9.17, 15) is 0 Å². The molecule has 0 bridgehead atoms. The van der Waals surface area contributed by atoms with Gasteiger partial charge in [-0.1, -0.05) is 37.6 Å². The fraction of sp³-hybridized carbons (Fsp3) is 0.538. The highest BCUT2D eigenvalue weighted by Crippen LogP contribution is 2.23. The summed E-state index contributed by atoms with van der Waals surface area (Å²) >= 11 is 5.95. The number of hydrogen-bond donors (Lipinski definition) is 1. The van der Waals surface area contributed by atoms with Crippen molar-refractivity contribution in [2.45, 2.75) is 33.0 Å². The van der Waals surface area contributed by atoms with E-state index in [-0.39, 0.29) is 12.2 Å². The van der Waals surface area contributed by atoms with E-state index >= 15 is 0 Å². The maximum atomic E-state index is 5.95. The number of benzene rings is 1. The molecule has 90 valence electrons. The Hall–Kier alpha value is -0.570. The minimum absolute atomic E-state index is 0.0731. The summed E-state index contributed by atoms with van der Waals surface area (Å²) in [4.78, 5) is 0. The summed E-state index contributed by atoms with van der Waals surface area (Å²) in [6.45, 7) is 6.81. The monoisotopic (exact) mass is 241 g/mol. The number of rotatable bonds is 5. The molecule has 0 saturated heterocycles. The van der Waals surface area contributed by atoms with Gasteiger partial charge in [0.05, 0.1) is 12.2 Å². The van der Waals surface area contributed by atoms with Gasteiger partial charge in [0.2, 0.25) is 0 Å². The van der Waals surface area contributed by atoms with Crippen molar-refractivity contribution in [1.82, 2.24) is 0 Å². The van der Waals surface area contributed by atoms with Gasteiger partial charge in [-0.2, -0.15) is 0 Å². The number of halogens is 1. The Morgan fingerprint density at radius 3 is 2.50 bits per heavy atom. The minimum Gasteiger partial charge on any atom is -0.369 e. The highest BCUT2D eigenvalue weighted by atomic mass is 35.5. The second kappa shape index (κ2) is 6.24. The Bertz CT molecular complexity index is 327. The van der Waals surface area contributed by atoms with E-state index in [1.165, 1.54) is 0 Å². The molecule has 16 heavy (non-hydrogen) atoms. The smallest absolute Gasteiger partial charge is 0.0951 e. The average molecular weight is 242 g/mol. The van der Waals surface area contributed by atoms with Gasteiger partial charge < -0.3 is 10.5 Å². The molecule has 0 radical (unpaired) electrons.